The number of thiazole rings is 1. The van der Waals surface area contributed by atoms with Crippen molar-refractivity contribution in [2.24, 2.45) is 0 Å². The number of hydrogen-bond donors (Lipinski definition) is 0. The van der Waals surface area contributed by atoms with Gasteiger partial charge in [-0.15, -0.1) is 11.3 Å². The lowest BCUT2D eigenvalue weighted by Gasteiger charge is -2.00. The molecule has 0 radical (unpaired) electrons. The van der Waals surface area contributed by atoms with Gasteiger partial charge < -0.3 is 4.74 Å². The van der Waals surface area contributed by atoms with E-state index in [0.717, 1.165) is 5.56 Å². The fraction of sp³-hybridized carbons (Fsp3) is 0.214. The molecular formula is C14H12ClNO3S. The minimum Gasteiger partial charge on any atom is -0.464 e. The summed E-state index contributed by atoms with van der Waals surface area (Å²) in [4.78, 5) is 27.7. The Kier molecular flexibility index (Phi) is 4.52. The molecule has 0 spiro atoms. The molecule has 6 heteroatoms. The van der Waals surface area contributed by atoms with Gasteiger partial charge in [-0.05, 0) is 11.6 Å². The zero-order valence-electron chi connectivity index (χ0n) is 11.0. The largest absolute Gasteiger partial charge is 0.464 e. The molecule has 0 amide bonds. The molecular weight excluding hydrogens is 298 g/mol. The number of halogens is 1. The number of benzene rings is 1. The normalized spacial score (nSPS) is 10.3. The number of methoxy groups -OCH3 is 1. The maximum atomic E-state index is 11.6. The summed E-state index contributed by atoms with van der Waals surface area (Å²) >= 11 is 7.29. The zero-order chi connectivity index (χ0) is 14.7. The number of nitrogens with zero attached hydrogens (tertiary/aromatic N) is 1. The SMILES string of the molecule is COC(=O)c1nc(Cc2ccccc2Cl)sc1C(C)=O. The number of ketones is 1. The van der Waals surface area contributed by atoms with E-state index in [9.17, 15) is 9.59 Å². The van der Waals surface area contributed by atoms with Crippen LogP contribution in [0.4, 0.5) is 0 Å². The summed E-state index contributed by atoms with van der Waals surface area (Å²) in [5, 5.41) is 1.29. The smallest absolute Gasteiger partial charge is 0.358 e. The minimum absolute atomic E-state index is 0.0760. The molecule has 2 aromatic rings. The maximum absolute atomic E-state index is 11.6. The van der Waals surface area contributed by atoms with E-state index in [2.05, 4.69) is 9.72 Å². The van der Waals surface area contributed by atoms with Crippen molar-refractivity contribution in [2.45, 2.75) is 13.3 Å². The molecule has 0 saturated carbocycles. The number of carbonyl (C=O) groups excluding carboxylic acids is 2. The Morgan fingerprint density at radius 1 is 1.35 bits per heavy atom. The van der Waals surface area contributed by atoms with Gasteiger partial charge in [-0.25, -0.2) is 9.78 Å². The molecule has 1 heterocycles. The van der Waals surface area contributed by atoms with Crippen LogP contribution in [0.25, 0.3) is 0 Å². The molecule has 0 aliphatic rings. The fourth-order valence-corrected chi connectivity index (χ4v) is 2.89. The first-order chi connectivity index (χ1) is 9.52. The molecule has 0 aliphatic carbocycles. The molecule has 2 rings (SSSR count). The van der Waals surface area contributed by atoms with Crippen molar-refractivity contribution in [3.63, 3.8) is 0 Å². The molecule has 0 bridgehead atoms. The van der Waals surface area contributed by atoms with E-state index in [-0.39, 0.29) is 11.5 Å². The van der Waals surface area contributed by atoms with E-state index in [0.29, 0.717) is 21.3 Å². The summed E-state index contributed by atoms with van der Waals surface area (Å²) in [6, 6.07) is 7.39. The molecule has 0 unspecified atom stereocenters. The molecule has 0 saturated heterocycles. The number of hydrogen-bond acceptors (Lipinski definition) is 5. The predicted octanol–water partition coefficient (Wildman–Crippen LogP) is 3.38. The van der Waals surface area contributed by atoms with Gasteiger partial charge >= 0.3 is 5.97 Å². The molecule has 0 N–H and O–H groups in total. The van der Waals surface area contributed by atoms with Crippen LogP contribution in [0.1, 0.15) is 37.7 Å². The third kappa shape index (κ3) is 3.05. The Labute approximate surface area is 125 Å². The van der Waals surface area contributed by atoms with E-state index >= 15 is 0 Å². The molecule has 1 aromatic heterocycles. The molecule has 4 nitrogen and oxygen atoms in total. The molecule has 1 aromatic carbocycles. The first-order valence-corrected chi connectivity index (χ1v) is 7.04. The molecule has 0 atom stereocenters. The van der Waals surface area contributed by atoms with E-state index in [1.807, 2.05) is 18.2 Å². The molecule has 0 fully saturated rings. The van der Waals surface area contributed by atoms with Crippen LogP contribution < -0.4 is 0 Å². The number of aromatic nitrogens is 1. The quantitative estimate of drug-likeness (QED) is 0.642. The summed E-state index contributed by atoms with van der Waals surface area (Å²) in [6.45, 7) is 1.40. The Hall–Kier alpha value is -1.72. The van der Waals surface area contributed by atoms with Gasteiger partial charge in [-0.3, -0.25) is 4.79 Å². The van der Waals surface area contributed by atoms with Gasteiger partial charge in [0.15, 0.2) is 11.5 Å². The first kappa shape index (κ1) is 14.7. The van der Waals surface area contributed by atoms with Crippen LogP contribution in [-0.4, -0.2) is 23.8 Å². The van der Waals surface area contributed by atoms with Crippen molar-refractivity contribution in [1.29, 1.82) is 0 Å². The lowest BCUT2D eigenvalue weighted by atomic mass is 10.1. The van der Waals surface area contributed by atoms with Gasteiger partial charge in [0.25, 0.3) is 0 Å². The average Bonchev–Trinajstić information content (AvgIpc) is 2.85. The molecule has 0 aliphatic heterocycles. The summed E-state index contributed by atoms with van der Waals surface area (Å²) in [5.41, 5.74) is 0.974. The lowest BCUT2D eigenvalue weighted by Crippen LogP contribution is -2.07. The highest BCUT2D eigenvalue weighted by Gasteiger charge is 2.21. The summed E-state index contributed by atoms with van der Waals surface area (Å²) in [7, 11) is 1.26. The second kappa shape index (κ2) is 6.15. The van der Waals surface area contributed by atoms with Crippen LogP contribution >= 0.6 is 22.9 Å². The van der Waals surface area contributed by atoms with Crippen LogP contribution in [0.5, 0.6) is 0 Å². The van der Waals surface area contributed by atoms with Crippen LogP contribution in [0, 0.1) is 0 Å². The Bertz CT molecular complexity index is 666. The Morgan fingerprint density at radius 2 is 2.05 bits per heavy atom. The number of rotatable bonds is 4. The number of esters is 1. The van der Waals surface area contributed by atoms with Crippen molar-refractivity contribution in [3.8, 4) is 0 Å². The maximum Gasteiger partial charge on any atom is 0.358 e. The van der Waals surface area contributed by atoms with Gasteiger partial charge in [-0.2, -0.15) is 0 Å². The monoisotopic (exact) mass is 309 g/mol. The lowest BCUT2D eigenvalue weighted by molar-refractivity contribution is 0.0591. The third-order valence-electron chi connectivity index (χ3n) is 2.67. The van der Waals surface area contributed by atoms with Crippen LogP contribution in [0.2, 0.25) is 5.02 Å². The van der Waals surface area contributed by atoms with Crippen molar-refractivity contribution < 1.29 is 14.3 Å². The van der Waals surface area contributed by atoms with Crippen LogP contribution in [-0.2, 0) is 11.2 Å². The second-order valence-electron chi connectivity index (χ2n) is 4.10. The second-order valence-corrected chi connectivity index (χ2v) is 5.59. The highest BCUT2D eigenvalue weighted by molar-refractivity contribution is 7.14. The Balaban J connectivity index is 2.37. The van der Waals surface area contributed by atoms with Gasteiger partial charge in [0.1, 0.15) is 4.88 Å². The van der Waals surface area contributed by atoms with Crippen molar-refractivity contribution in [3.05, 3.63) is 50.4 Å². The first-order valence-electron chi connectivity index (χ1n) is 5.85. The van der Waals surface area contributed by atoms with Gasteiger partial charge in [0.05, 0.1) is 12.1 Å². The number of carbonyl (C=O) groups is 2. The van der Waals surface area contributed by atoms with Gasteiger partial charge in [0, 0.05) is 18.4 Å². The molecule has 104 valence electrons. The highest BCUT2D eigenvalue weighted by atomic mass is 35.5. The zero-order valence-corrected chi connectivity index (χ0v) is 12.5. The van der Waals surface area contributed by atoms with Crippen LogP contribution in [0.3, 0.4) is 0 Å². The van der Waals surface area contributed by atoms with E-state index in [1.165, 1.54) is 25.4 Å². The van der Waals surface area contributed by atoms with Crippen LogP contribution in [0.15, 0.2) is 24.3 Å². The van der Waals surface area contributed by atoms with E-state index in [1.54, 1.807) is 6.07 Å². The van der Waals surface area contributed by atoms with Gasteiger partial charge in [0.2, 0.25) is 0 Å². The predicted molar refractivity (Wildman–Crippen MR) is 77.7 cm³/mol. The van der Waals surface area contributed by atoms with Crippen molar-refractivity contribution in [1.82, 2.24) is 4.98 Å². The Morgan fingerprint density at radius 3 is 2.65 bits per heavy atom. The standard InChI is InChI=1S/C14H12ClNO3S/c1-8(17)13-12(14(18)19-2)16-11(20-13)7-9-5-3-4-6-10(9)15/h3-6H,7H2,1-2H3. The average molecular weight is 310 g/mol. The fourth-order valence-electron chi connectivity index (χ4n) is 1.72. The molecule has 20 heavy (non-hydrogen) atoms. The van der Waals surface area contributed by atoms with Crippen molar-refractivity contribution >= 4 is 34.7 Å². The summed E-state index contributed by atoms with van der Waals surface area (Å²) in [5.74, 6) is -0.801. The number of Topliss-reactive ketones (excluding diaryl/α,β-unsaturated/α-hetero) is 1. The minimum atomic E-state index is -0.600. The van der Waals surface area contributed by atoms with E-state index < -0.39 is 5.97 Å². The number of ether oxygens (including phenoxy) is 1. The van der Waals surface area contributed by atoms with E-state index in [4.69, 9.17) is 11.6 Å². The topological polar surface area (TPSA) is 56.3 Å². The van der Waals surface area contributed by atoms with Crippen molar-refractivity contribution in [2.75, 3.05) is 7.11 Å². The summed E-state index contributed by atoms with van der Waals surface area (Å²) in [6.07, 6.45) is 0.474. The van der Waals surface area contributed by atoms with Gasteiger partial charge in [-0.1, -0.05) is 29.8 Å². The highest BCUT2D eigenvalue weighted by Crippen LogP contribution is 2.25. The summed E-state index contributed by atoms with van der Waals surface area (Å²) < 4.78 is 4.64. The third-order valence-corrected chi connectivity index (χ3v) is 4.19.